The molecule has 0 bridgehead atoms. The van der Waals surface area contributed by atoms with E-state index >= 15 is 0 Å². The summed E-state index contributed by atoms with van der Waals surface area (Å²) in [6.45, 7) is 4.86. The second kappa shape index (κ2) is 12.4. The van der Waals surface area contributed by atoms with Crippen LogP contribution >= 0.6 is 24.0 Å². The van der Waals surface area contributed by atoms with Crippen LogP contribution in [0, 0.1) is 0 Å². The van der Waals surface area contributed by atoms with Crippen LogP contribution in [0.1, 0.15) is 19.0 Å². The lowest BCUT2D eigenvalue weighted by Gasteiger charge is -2.12. The Labute approximate surface area is 178 Å². The molecular formula is C16H24F3IN8. The minimum absolute atomic E-state index is 0. The van der Waals surface area contributed by atoms with Crippen molar-refractivity contribution in [2.24, 2.45) is 4.99 Å². The molecule has 2 rings (SSSR count). The molecule has 0 radical (unpaired) electrons. The molecule has 0 amide bonds. The molecule has 2 heterocycles. The molecule has 8 nitrogen and oxygen atoms in total. The summed E-state index contributed by atoms with van der Waals surface area (Å²) in [5, 5.41) is 13.1. The molecule has 0 saturated carbocycles. The zero-order chi connectivity index (χ0) is 19.5. The van der Waals surface area contributed by atoms with E-state index in [4.69, 9.17) is 0 Å². The molecule has 3 N–H and O–H groups in total. The van der Waals surface area contributed by atoms with Crippen molar-refractivity contribution >= 4 is 35.9 Å². The van der Waals surface area contributed by atoms with Gasteiger partial charge in [0.05, 0.1) is 0 Å². The average molecular weight is 512 g/mol. The van der Waals surface area contributed by atoms with Crippen LogP contribution in [0.2, 0.25) is 0 Å². The van der Waals surface area contributed by atoms with Gasteiger partial charge in [0.15, 0.2) is 5.96 Å². The lowest BCUT2D eigenvalue weighted by atomic mass is 10.4. The summed E-state index contributed by atoms with van der Waals surface area (Å²) >= 11 is 0. The van der Waals surface area contributed by atoms with Crippen molar-refractivity contribution in [3.63, 3.8) is 0 Å². The number of alkyl halides is 3. The number of anilines is 1. The first-order chi connectivity index (χ1) is 13.0. The molecule has 2 aromatic rings. The maximum atomic E-state index is 12.6. The van der Waals surface area contributed by atoms with E-state index in [0.29, 0.717) is 32.1 Å². The maximum absolute atomic E-state index is 12.6. The van der Waals surface area contributed by atoms with E-state index < -0.39 is 11.9 Å². The highest BCUT2D eigenvalue weighted by atomic mass is 127. The molecule has 0 aliphatic heterocycles. The van der Waals surface area contributed by atoms with Crippen molar-refractivity contribution < 1.29 is 13.2 Å². The molecule has 0 saturated heterocycles. The second-order valence-electron chi connectivity index (χ2n) is 5.50. The number of aromatic nitrogens is 4. The Morgan fingerprint density at radius 2 is 2.04 bits per heavy atom. The predicted molar refractivity (Wildman–Crippen MR) is 112 cm³/mol. The Balaban J connectivity index is 0.00000392. The molecule has 0 aliphatic carbocycles. The fraction of sp³-hybridized carbons (Fsp3) is 0.500. The third-order valence-corrected chi connectivity index (χ3v) is 3.37. The molecule has 2 aromatic heterocycles. The van der Waals surface area contributed by atoms with Crippen LogP contribution in [0.4, 0.5) is 19.1 Å². The van der Waals surface area contributed by atoms with Crippen molar-refractivity contribution in [3.05, 3.63) is 36.4 Å². The number of rotatable bonds is 9. The first-order valence-corrected chi connectivity index (χ1v) is 8.62. The number of halogens is 4. The molecule has 0 unspecified atom stereocenters. The highest BCUT2D eigenvalue weighted by molar-refractivity contribution is 14.0. The molecule has 28 heavy (non-hydrogen) atoms. The van der Waals surface area contributed by atoms with Crippen LogP contribution in [0.5, 0.6) is 0 Å². The molecule has 156 valence electrons. The summed E-state index contributed by atoms with van der Waals surface area (Å²) in [5.41, 5.74) is -0.972. The number of nitrogens with one attached hydrogen (secondary N) is 3. The van der Waals surface area contributed by atoms with Gasteiger partial charge in [-0.25, -0.2) is 9.97 Å². The quantitative estimate of drug-likeness (QED) is 0.207. The lowest BCUT2D eigenvalue weighted by molar-refractivity contribution is -0.141. The topological polar surface area (TPSA) is 92.0 Å². The van der Waals surface area contributed by atoms with Crippen LogP contribution in [-0.2, 0) is 12.7 Å². The monoisotopic (exact) mass is 512 g/mol. The SMILES string of the molecule is CCNC(=NCCCn1cccn1)NCCNc1nccc(C(F)(F)F)n1.I. The van der Waals surface area contributed by atoms with E-state index in [-0.39, 0.29) is 29.9 Å². The number of aliphatic imine (C=N–C) groups is 1. The van der Waals surface area contributed by atoms with Crippen molar-refractivity contribution in [2.75, 3.05) is 31.5 Å². The Morgan fingerprint density at radius 3 is 2.71 bits per heavy atom. The normalized spacial score (nSPS) is 11.6. The van der Waals surface area contributed by atoms with Crippen molar-refractivity contribution in [1.82, 2.24) is 30.4 Å². The van der Waals surface area contributed by atoms with Gasteiger partial charge in [-0.3, -0.25) is 9.67 Å². The van der Waals surface area contributed by atoms with Crippen LogP contribution in [-0.4, -0.2) is 51.9 Å². The summed E-state index contributed by atoms with van der Waals surface area (Å²) in [6.07, 6.45) is 1.06. The number of hydrogen-bond donors (Lipinski definition) is 3. The maximum Gasteiger partial charge on any atom is 0.433 e. The van der Waals surface area contributed by atoms with Crippen LogP contribution in [0.3, 0.4) is 0 Å². The van der Waals surface area contributed by atoms with Crippen molar-refractivity contribution in [1.29, 1.82) is 0 Å². The average Bonchev–Trinajstić information content (AvgIpc) is 3.15. The summed E-state index contributed by atoms with van der Waals surface area (Å²) in [6, 6.07) is 2.71. The van der Waals surface area contributed by atoms with E-state index in [0.717, 1.165) is 25.2 Å². The highest BCUT2D eigenvalue weighted by Gasteiger charge is 2.32. The number of guanidine groups is 1. The molecule has 0 fully saturated rings. The fourth-order valence-electron chi connectivity index (χ4n) is 2.15. The fourth-order valence-corrected chi connectivity index (χ4v) is 2.15. The van der Waals surface area contributed by atoms with Crippen LogP contribution in [0.25, 0.3) is 0 Å². The minimum Gasteiger partial charge on any atom is -0.357 e. The first kappa shape index (κ1) is 23.9. The number of aryl methyl sites for hydroxylation is 1. The zero-order valence-corrected chi connectivity index (χ0v) is 17.7. The Hall–Kier alpha value is -2.12. The molecule has 0 atom stereocenters. The van der Waals surface area contributed by atoms with Gasteiger partial charge in [-0.1, -0.05) is 0 Å². The van der Waals surface area contributed by atoms with E-state index in [9.17, 15) is 13.2 Å². The van der Waals surface area contributed by atoms with Gasteiger partial charge >= 0.3 is 6.18 Å². The smallest absolute Gasteiger partial charge is 0.357 e. The van der Waals surface area contributed by atoms with Gasteiger partial charge in [0.1, 0.15) is 5.69 Å². The van der Waals surface area contributed by atoms with Crippen molar-refractivity contribution in [2.45, 2.75) is 26.1 Å². The molecule has 12 heteroatoms. The Morgan fingerprint density at radius 1 is 1.21 bits per heavy atom. The van der Waals surface area contributed by atoms with Gasteiger partial charge in [0.25, 0.3) is 0 Å². The van der Waals surface area contributed by atoms with E-state index in [2.05, 4.69) is 36.0 Å². The van der Waals surface area contributed by atoms with Gasteiger partial charge in [-0.15, -0.1) is 24.0 Å². The van der Waals surface area contributed by atoms with Gasteiger partial charge < -0.3 is 16.0 Å². The molecule has 0 aliphatic rings. The zero-order valence-electron chi connectivity index (χ0n) is 15.4. The Kier molecular flexibility index (Phi) is 10.6. The Bertz CT molecular complexity index is 706. The van der Waals surface area contributed by atoms with E-state index in [1.165, 1.54) is 0 Å². The summed E-state index contributed by atoms with van der Waals surface area (Å²) in [7, 11) is 0. The van der Waals surface area contributed by atoms with Gasteiger partial charge in [-0.05, 0) is 25.5 Å². The molecular weight excluding hydrogens is 488 g/mol. The molecule has 0 aromatic carbocycles. The number of hydrogen-bond acceptors (Lipinski definition) is 5. The first-order valence-electron chi connectivity index (χ1n) is 8.62. The summed E-state index contributed by atoms with van der Waals surface area (Å²) < 4.78 is 39.7. The largest absolute Gasteiger partial charge is 0.433 e. The lowest BCUT2D eigenvalue weighted by Crippen LogP contribution is -2.39. The third kappa shape index (κ3) is 8.71. The predicted octanol–water partition coefficient (Wildman–Crippen LogP) is 2.37. The van der Waals surface area contributed by atoms with Gasteiger partial charge in [-0.2, -0.15) is 18.3 Å². The van der Waals surface area contributed by atoms with E-state index in [1.807, 2.05) is 23.9 Å². The summed E-state index contributed by atoms with van der Waals surface area (Å²) in [4.78, 5) is 11.7. The van der Waals surface area contributed by atoms with Crippen molar-refractivity contribution in [3.8, 4) is 0 Å². The third-order valence-electron chi connectivity index (χ3n) is 3.37. The van der Waals surface area contributed by atoms with Crippen LogP contribution < -0.4 is 16.0 Å². The van der Waals surface area contributed by atoms with Gasteiger partial charge in [0.2, 0.25) is 5.95 Å². The standard InChI is InChI=1S/C16H23F3N8.HI/c1-2-20-14(21-6-3-11-27-12-4-7-25-27)23-9-10-24-15-22-8-5-13(26-15)16(17,18)19;/h4-5,7-8,12H,2-3,6,9-11H2,1H3,(H2,20,21,23)(H,22,24,26);1H. The molecule has 0 spiro atoms. The minimum atomic E-state index is -4.49. The summed E-state index contributed by atoms with van der Waals surface area (Å²) in [5.74, 6) is 0.581. The van der Waals surface area contributed by atoms with Crippen LogP contribution in [0.15, 0.2) is 35.7 Å². The highest BCUT2D eigenvalue weighted by Crippen LogP contribution is 2.27. The van der Waals surface area contributed by atoms with Gasteiger partial charge in [0, 0.05) is 51.3 Å². The number of nitrogens with zero attached hydrogens (tertiary/aromatic N) is 5. The second-order valence-corrected chi connectivity index (χ2v) is 5.50. The van der Waals surface area contributed by atoms with E-state index in [1.54, 1.807) is 6.20 Å².